The van der Waals surface area contributed by atoms with Crippen LogP contribution in [0.2, 0.25) is 0 Å². The number of rotatable bonds is 2. The van der Waals surface area contributed by atoms with Crippen molar-refractivity contribution in [2.45, 2.75) is 0 Å². The molecular weight excluding hydrogens is 198 g/mol. The Hall–Kier alpha value is -1.40. The number of nitrogens with two attached hydrogens (primary N) is 1. The van der Waals surface area contributed by atoms with Gasteiger partial charge in [-0.15, -0.1) is 12.4 Å². The van der Waals surface area contributed by atoms with Gasteiger partial charge in [0.15, 0.2) is 0 Å². The predicted octanol–water partition coefficient (Wildman–Crippen LogP) is -1.68. The van der Waals surface area contributed by atoms with Crippen LogP contribution in [0.3, 0.4) is 0 Å². The summed E-state index contributed by atoms with van der Waals surface area (Å²) in [5, 5.41) is 0. The maximum atomic E-state index is 10.8. The van der Waals surface area contributed by atoms with Gasteiger partial charge in [-0.3, -0.25) is 24.7 Å². The zero-order valence-electron chi connectivity index (χ0n) is 6.52. The molecule has 3 N–H and O–H groups in total. The molecule has 0 saturated carbocycles. The first-order valence-corrected chi connectivity index (χ1v) is 3.18. The fourth-order valence-electron chi connectivity index (χ4n) is 0.776. The van der Waals surface area contributed by atoms with Crippen molar-refractivity contribution in [1.29, 1.82) is 0 Å². The Morgan fingerprint density at radius 3 is 2.23 bits per heavy atom. The normalized spacial score (nSPS) is 14.4. The highest BCUT2D eigenvalue weighted by molar-refractivity contribution is 6.14. The molecular formula is C6H8ClN3O3. The first-order valence-electron chi connectivity index (χ1n) is 3.18. The lowest BCUT2D eigenvalue weighted by atomic mass is 10.5. The zero-order chi connectivity index (χ0) is 9.14. The minimum absolute atomic E-state index is 0. The molecule has 0 radical (unpaired) electrons. The van der Waals surface area contributed by atoms with Crippen LogP contribution in [0.25, 0.3) is 0 Å². The average molecular weight is 206 g/mol. The standard InChI is InChI=1S/C6H7N3O3.ClH/c7-8-4(10)3-9-5(11)1-2-6(9)12;/h1-2H,3,7H2,(H,8,10);1H. The molecule has 1 aliphatic rings. The molecule has 0 aromatic carbocycles. The van der Waals surface area contributed by atoms with Gasteiger partial charge < -0.3 is 0 Å². The fraction of sp³-hybridized carbons (Fsp3) is 0.167. The van der Waals surface area contributed by atoms with E-state index >= 15 is 0 Å². The zero-order valence-corrected chi connectivity index (χ0v) is 7.34. The Bertz CT molecular complexity index is 258. The summed E-state index contributed by atoms with van der Waals surface area (Å²) in [4.78, 5) is 33.1. The third-order valence-corrected chi connectivity index (χ3v) is 1.36. The molecule has 0 atom stereocenters. The molecule has 0 spiro atoms. The number of nitrogens with zero attached hydrogens (tertiary/aromatic N) is 1. The van der Waals surface area contributed by atoms with E-state index in [2.05, 4.69) is 0 Å². The maximum absolute atomic E-state index is 10.8. The molecule has 1 heterocycles. The fourth-order valence-corrected chi connectivity index (χ4v) is 0.776. The summed E-state index contributed by atoms with van der Waals surface area (Å²) in [5.74, 6) is 3.20. The number of hydrogen-bond donors (Lipinski definition) is 2. The van der Waals surface area contributed by atoms with E-state index in [1.807, 2.05) is 5.43 Å². The molecule has 0 fully saturated rings. The van der Waals surface area contributed by atoms with Gasteiger partial charge in [0.25, 0.3) is 17.7 Å². The molecule has 3 amide bonds. The van der Waals surface area contributed by atoms with Gasteiger partial charge >= 0.3 is 0 Å². The van der Waals surface area contributed by atoms with Crippen molar-refractivity contribution >= 4 is 30.1 Å². The number of carbonyl (C=O) groups is 3. The number of hydrazine groups is 1. The average Bonchev–Trinajstić information content (AvgIpc) is 2.35. The number of amides is 3. The molecule has 7 heteroatoms. The smallest absolute Gasteiger partial charge is 0.254 e. The van der Waals surface area contributed by atoms with Gasteiger partial charge in [0.05, 0.1) is 0 Å². The van der Waals surface area contributed by atoms with Crippen LogP contribution in [-0.4, -0.2) is 29.2 Å². The Labute approximate surface area is 80.1 Å². The minimum atomic E-state index is -0.583. The Morgan fingerprint density at radius 1 is 1.38 bits per heavy atom. The molecule has 0 aromatic heterocycles. The Balaban J connectivity index is 0.00000144. The van der Waals surface area contributed by atoms with Crippen LogP contribution in [0.1, 0.15) is 0 Å². The van der Waals surface area contributed by atoms with Gasteiger partial charge in [-0.1, -0.05) is 0 Å². The molecule has 1 rings (SSSR count). The Kier molecular flexibility index (Phi) is 4.09. The van der Waals surface area contributed by atoms with E-state index in [1.165, 1.54) is 0 Å². The van der Waals surface area contributed by atoms with E-state index in [1.54, 1.807) is 0 Å². The van der Waals surface area contributed by atoms with Crippen molar-refractivity contribution in [3.05, 3.63) is 12.2 Å². The van der Waals surface area contributed by atoms with E-state index in [0.29, 0.717) is 0 Å². The molecule has 1 aliphatic heterocycles. The highest BCUT2D eigenvalue weighted by Crippen LogP contribution is 2.01. The summed E-state index contributed by atoms with van der Waals surface area (Å²) in [7, 11) is 0. The lowest BCUT2D eigenvalue weighted by Gasteiger charge is -2.11. The van der Waals surface area contributed by atoms with Crippen LogP contribution >= 0.6 is 12.4 Å². The summed E-state index contributed by atoms with van der Waals surface area (Å²) >= 11 is 0. The monoisotopic (exact) mass is 205 g/mol. The van der Waals surface area contributed by atoms with Gasteiger partial charge in [0, 0.05) is 12.2 Å². The third-order valence-electron chi connectivity index (χ3n) is 1.36. The van der Waals surface area contributed by atoms with Gasteiger partial charge in [0.1, 0.15) is 6.54 Å². The maximum Gasteiger partial charge on any atom is 0.254 e. The van der Waals surface area contributed by atoms with Gasteiger partial charge in [-0.05, 0) is 0 Å². The molecule has 0 aliphatic carbocycles. The van der Waals surface area contributed by atoms with E-state index < -0.39 is 17.7 Å². The van der Waals surface area contributed by atoms with E-state index in [0.717, 1.165) is 17.1 Å². The minimum Gasteiger partial charge on any atom is -0.293 e. The van der Waals surface area contributed by atoms with Crippen molar-refractivity contribution in [1.82, 2.24) is 10.3 Å². The summed E-state index contributed by atoms with van der Waals surface area (Å²) < 4.78 is 0. The topological polar surface area (TPSA) is 92.5 Å². The second-order valence-electron chi connectivity index (χ2n) is 2.16. The quantitative estimate of drug-likeness (QED) is 0.244. The van der Waals surface area contributed by atoms with Crippen molar-refractivity contribution in [3.8, 4) is 0 Å². The van der Waals surface area contributed by atoms with Gasteiger partial charge in [0.2, 0.25) is 0 Å². The van der Waals surface area contributed by atoms with Crippen LogP contribution < -0.4 is 11.3 Å². The summed E-state index contributed by atoms with van der Waals surface area (Å²) in [5.41, 5.74) is 1.82. The second kappa shape index (κ2) is 4.58. The van der Waals surface area contributed by atoms with Gasteiger partial charge in [-0.25, -0.2) is 5.84 Å². The van der Waals surface area contributed by atoms with E-state index in [4.69, 9.17) is 5.84 Å². The lowest BCUT2D eigenvalue weighted by molar-refractivity contribution is -0.141. The molecule has 0 bridgehead atoms. The molecule has 0 aromatic rings. The first kappa shape index (κ1) is 11.6. The number of halogens is 1. The highest BCUT2D eigenvalue weighted by atomic mass is 35.5. The van der Waals surface area contributed by atoms with Crippen LogP contribution in [0.4, 0.5) is 0 Å². The van der Waals surface area contributed by atoms with Crippen molar-refractivity contribution in [3.63, 3.8) is 0 Å². The molecule has 13 heavy (non-hydrogen) atoms. The van der Waals surface area contributed by atoms with Crippen LogP contribution in [0.15, 0.2) is 12.2 Å². The van der Waals surface area contributed by atoms with E-state index in [9.17, 15) is 14.4 Å². The Morgan fingerprint density at radius 2 is 1.85 bits per heavy atom. The number of imide groups is 1. The van der Waals surface area contributed by atoms with Crippen molar-refractivity contribution in [2.75, 3.05) is 6.54 Å². The predicted molar refractivity (Wildman–Crippen MR) is 45.4 cm³/mol. The van der Waals surface area contributed by atoms with Crippen molar-refractivity contribution in [2.24, 2.45) is 5.84 Å². The highest BCUT2D eigenvalue weighted by Gasteiger charge is 2.24. The second-order valence-corrected chi connectivity index (χ2v) is 2.16. The molecule has 72 valence electrons. The van der Waals surface area contributed by atoms with Crippen LogP contribution in [0, 0.1) is 0 Å². The third kappa shape index (κ3) is 2.53. The first-order chi connectivity index (χ1) is 5.65. The van der Waals surface area contributed by atoms with Crippen LogP contribution in [0.5, 0.6) is 0 Å². The van der Waals surface area contributed by atoms with E-state index in [-0.39, 0.29) is 19.0 Å². The van der Waals surface area contributed by atoms with Crippen molar-refractivity contribution < 1.29 is 14.4 Å². The number of hydrogen-bond acceptors (Lipinski definition) is 4. The molecule has 0 unspecified atom stereocenters. The SMILES string of the molecule is Cl.NNC(=O)CN1C(=O)C=CC1=O. The summed E-state index contributed by atoms with van der Waals surface area (Å²) in [6, 6.07) is 0. The van der Waals surface area contributed by atoms with Gasteiger partial charge in [-0.2, -0.15) is 0 Å². The van der Waals surface area contributed by atoms with Crippen LogP contribution in [-0.2, 0) is 14.4 Å². The molecule has 6 nitrogen and oxygen atoms in total. The largest absolute Gasteiger partial charge is 0.293 e. The summed E-state index contributed by atoms with van der Waals surface area (Å²) in [6.07, 6.45) is 2.21. The number of nitrogens with one attached hydrogen (secondary N) is 1. The molecule has 0 saturated heterocycles. The summed E-state index contributed by atoms with van der Waals surface area (Å²) in [6.45, 7) is -0.332. The lowest BCUT2D eigenvalue weighted by Crippen LogP contribution is -2.42. The number of carbonyl (C=O) groups excluding carboxylic acids is 3.